The van der Waals surface area contributed by atoms with Gasteiger partial charge >= 0.3 is 21.3 Å². The van der Waals surface area contributed by atoms with Crippen LogP contribution >= 0.6 is 0 Å². The van der Waals surface area contributed by atoms with Crippen molar-refractivity contribution >= 4 is 16.1 Å². The van der Waals surface area contributed by atoms with Gasteiger partial charge in [-0.05, 0) is 104 Å². The zero-order valence-corrected chi connectivity index (χ0v) is 24.2. The van der Waals surface area contributed by atoms with E-state index in [4.69, 9.17) is 9.29 Å². The van der Waals surface area contributed by atoms with Crippen molar-refractivity contribution in [2.24, 2.45) is 52.3 Å². The van der Waals surface area contributed by atoms with Gasteiger partial charge in [0.2, 0.25) is 0 Å². The molecule has 0 heterocycles. The van der Waals surface area contributed by atoms with Crippen LogP contribution in [0.3, 0.4) is 0 Å². The number of hydrogen-bond acceptors (Lipinski definition) is 4. The second-order valence-electron chi connectivity index (χ2n) is 14.0. The van der Waals surface area contributed by atoms with Gasteiger partial charge in [0.25, 0.3) is 0 Å². The molecule has 0 aromatic rings. The average Bonchev–Trinajstić information content (AvgIpc) is 3.19. The summed E-state index contributed by atoms with van der Waals surface area (Å²) in [6.45, 7) is 11.7. The predicted molar refractivity (Wildman–Crippen MR) is 139 cm³/mol. The van der Waals surface area contributed by atoms with E-state index in [1.165, 1.54) is 32.1 Å². The quantitative estimate of drug-likeness (QED) is 0.252. The molecule has 4 fully saturated rings. The van der Waals surface area contributed by atoms with E-state index in [-0.39, 0.29) is 17.3 Å². The lowest BCUT2D eigenvalue weighted by Crippen LogP contribution is -2.58. The van der Waals surface area contributed by atoms with Gasteiger partial charge in [0, 0.05) is 0 Å². The molecule has 4 aliphatic rings. The largest absolute Gasteiger partial charge is 0.465 e. The van der Waals surface area contributed by atoms with Crippen molar-refractivity contribution in [1.29, 1.82) is 0 Å². The van der Waals surface area contributed by atoms with Crippen LogP contribution in [0, 0.1) is 52.3 Å². The van der Waals surface area contributed by atoms with Crippen LogP contribution in [0.5, 0.6) is 0 Å². The number of halogens is 2. The molecular weight excluding hydrogens is 498 g/mol. The molecule has 4 aliphatic carbocycles. The molecule has 0 aromatic heterocycles. The van der Waals surface area contributed by atoms with Crippen LogP contribution in [-0.4, -0.2) is 30.3 Å². The number of carbonyl (C=O) groups excluding carboxylic acids is 1. The number of fused-ring (bicyclic) bond motifs is 5. The topological polar surface area (TPSA) is 80.7 Å². The van der Waals surface area contributed by atoms with Crippen LogP contribution in [-0.2, 0) is 19.6 Å². The summed E-state index contributed by atoms with van der Waals surface area (Å²) in [4.78, 5) is 12.2. The molecule has 0 bridgehead atoms. The second kappa shape index (κ2) is 10.3. The van der Waals surface area contributed by atoms with Gasteiger partial charge in [-0.2, -0.15) is 17.2 Å². The first-order valence-electron chi connectivity index (χ1n) is 14.7. The molecule has 0 aliphatic heterocycles. The summed E-state index contributed by atoms with van der Waals surface area (Å²) in [6, 6.07) is 0. The molecule has 4 saturated carbocycles. The van der Waals surface area contributed by atoms with Crippen LogP contribution in [0.15, 0.2) is 0 Å². The molecule has 214 valence electrons. The van der Waals surface area contributed by atoms with Crippen molar-refractivity contribution in [2.75, 3.05) is 0 Å². The minimum atomic E-state index is -5.88. The monoisotopic (exact) mass is 546 g/mol. The van der Waals surface area contributed by atoms with Gasteiger partial charge in [-0.15, -0.1) is 0 Å². The van der Waals surface area contributed by atoms with Crippen LogP contribution in [0.1, 0.15) is 112 Å². The average molecular weight is 547 g/mol. The lowest BCUT2D eigenvalue weighted by Gasteiger charge is -2.64. The first-order chi connectivity index (χ1) is 17.1. The number of hydrogen-bond donors (Lipinski definition) is 1. The molecular formula is C29H48F2O5S. The molecule has 0 spiro atoms. The minimum Gasteiger partial charge on any atom is -0.457 e. The Labute approximate surface area is 222 Å². The predicted octanol–water partition coefficient (Wildman–Crippen LogP) is 7.50. The molecule has 4 rings (SSSR count). The molecule has 0 radical (unpaired) electrons. The van der Waals surface area contributed by atoms with E-state index in [2.05, 4.69) is 34.6 Å². The van der Waals surface area contributed by atoms with Crippen molar-refractivity contribution in [3.63, 3.8) is 0 Å². The highest BCUT2D eigenvalue weighted by atomic mass is 32.2. The third-order valence-electron chi connectivity index (χ3n) is 11.6. The van der Waals surface area contributed by atoms with Crippen LogP contribution < -0.4 is 0 Å². The van der Waals surface area contributed by atoms with Crippen molar-refractivity contribution in [2.45, 2.75) is 123 Å². The van der Waals surface area contributed by atoms with Gasteiger partial charge in [0.1, 0.15) is 6.10 Å². The Balaban J connectivity index is 1.60. The van der Waals surface area contributed by atoms with Gasteiger partial charge < -0.3 is 4.74 Å². The zero-order chi connectivity index (χ0) is 27.4. The number of alkyl halides is 2. The molecule has 0 saturated heterocycles. The van der Waals surface area contributed by atoms with E-state index in [0.717, 1.165) is 38.0 Å². The van der Waals surface area contributed by atoms with E-state index in [1.54, 1.807) is 0 Å². The first-order valence-corrected chi connectivity index (χ1v) is 16.1. The van der Waals surface area contributed by atoms with Gasteiger partial charge in [0.05, 0.1) is 0 Å². The Bertz CT molecular complexity index is 952. The summed E-state index contributed by atoms with van der Waals surface area (Å²) >= 11 is 0. The smallest absolute Gasteiger partial charge is 0.457 e. The highest BCUT2D eigenvalue weighted by Crippen LogP contribution is 2.68. The molecule has 8 heteroatoms. The zero-order valence-electron chi connectivity index (χ0n) is 23.3. The van der Waals surface area contributed by atoms with E-state index in [9.17, 15) is 22.0 Å². The number of rotatable bonds is 8. The Morgan fingerprint density at radius 1 is 1.03 bits per heavy atom. The maximum absolute atomic E-state index is 14.1. The number of esters is 1. The summed E-state index contributed by atoms with van der Waals surface area (Å²) in [6.07, 6.45) is 12.1. The molecule has 5 nitrogen and oxygen atoms in total. The van der Waals surface area contributed by atoms with Crippen LogP contribution in [0.2, 0.25) is 0 Å². The van der Waals surface area contributed by atoms with Crippen molar-refractivity contribution in [3.8, 4) is 0 Å². The third-order valence-corrected chi connectivity index (χ3v) is 12.4. The molecule has 1 N–H and O–H groups in total. The van der Waals surface area contributed by atoms with E-state index in [0.29, 0.717) is 41.9 Å². The Morgan fingerprint density at radius 2 is 1.73 bits per heavy atom. The summed E-state index contributed by atoms with van der Waals surface area (Å²) in [5.41, 5.74) is 0.509. The highest BCUT2D eigenvalue weighted by Gasteiger charge is 2.62. The maximum Gasteiger partial charge on any atom is 0.465 e. The van der Waals surface area contributed by atoms with Gasteiger partial charge in [0.15, 0.2) is 0 Å². The SMILES string of the molecule is CC(C)CCCC(C)C1CC(OC(=O)C(F)(F)S(=O)(=O)O)CC2CCC3C4CCCC4(C)CCC3C21C. The van der Waals surface area contributed by atoms with Gasteiger partial charge in [-0.25, -0.2) is 4.79 Å². The van der Waals surface area contributed by atoms with Crippen molar-refractivity contribution < 1.29 is 31.3 Å². The second-order valence-corrected chi connectivity index (χ2v) is 15.5. The lowest BCUT2D eigenvalue weighted by atomic mass is 9.41. The fourth-order valence-corrected chi connectivity index (χ4v) is 9.94. The summed E-state index contributed by atoms with van der Waals surface area (Å²) in [7, 11) is -5.88. The summed E-state index contributed by atoms with van der Waals surface area (Å²) in [5, 5.41) is -4.94. The maximum atomic E-state index is 14.1. The summed E-state index contributed by atoms with van der Waals surface area (Å²) in [5.74, 6) is 1.36. The third kappa shape index (κ3) is 5.24. The Hall–Kier alpha value is -0.760. The van der Waals surface area contributed by atoms with Crippen LogP contribution in [0.25, 0.3) is 0 Å². The Kier molecular flexibility index (Phi) is 8.16. The molecule has 9 unspecified atom stereocenters. The van der Waals surface area contributed by atoms with E-state index < -0.39 is 27.4 Å². The van der Waals surface area contributed by atoms with Gasteiger partial charge in [-0.1, -0.05) is 60.3 Å². The van der Waals surface area contributed by atoms with E-state index >= 15 is 0 Å². The molecule has 37 heavy (non-hydrogen) atoms. The normalized spacial score (nSPS) is 41.0. The van der Waals surface area contributed by atoms with Crippen LogP contribution in [0.4, 0.5) is 8.78 Å². The molecule has 0 amide bonds. The lowest BCUT2D eigenvalue weighted by molar-refractivity contribution is -0.190. The number of ether oxygens (including phenoxy) is 1. The van der Waals surface area contributed by atoms with Gasteiger partial charge in [-0.3, -0.25) is 4.55 Å². The van der Waals surface area contributed by atoms with E-state index in [1.807, 2.05) is 0 Å². The standard InChI is InChI=1S/C29H48F2O5S/c1-18(2)8-6-9-19(3)25-17-21(36-26(32)29(30,31)37(33,34)35)16-20-11-12-22-23-10-7-14-27(23,4)15-13-24(22)28(20,25)5/h18-25H,6-17H2,1-5H3,(H,33,34,35). The highest BCUT2D eigenvalue weighted by molar-refractivity contribution is 7.87. The minimum absolute atomic E-state index is 0.0541. The molecule has 9 atom stereocenters. The van der Waals surface area contributed by atoms with Crippen molar-refractivity contribution in [1.82, 2.24) is 0 Å². The first kappa shape index (κ1) is 29.2. The Morgan fingerprint density at radius 3 is 2.38 bits per heavy atom. The van der Waals surface area contributed by atoms with Crippen molar-refractivity contribution in [3.05, 3.63) is 0 Å². The summed E-state index contributed by atoms with van der Waals surface area (Å²) < 4.78 is 64.5. The fraction of sp³-hybridized carbons (Fsp3) is 0.966. The molecule has 0 aromatic carbocycles. The fourth-order valence-electron chi connectivity index (χ4n) is 9.68. The number of carbonyl (C=O) groups is 1.